The summed E-state index contributed by atoms with van der Waals surface area (Å²) in [6.07, 6.45) is 0. The van der Waals surface area contributed by atoms with Crippen LogP contribution >= 0.6 is 11.6 Å². The number of carbonyl (C=O) groups is 1. The average Bonchev–Trinajstić information content (AvgIpc) is 2.82. The van der Waals surface area contributed by atoms with Crippen molar-refractivity contribution >= 4 is 17.6 Å². The molecule has 2 aromatic rings. The van der Waals surface area contributed by atoms with Gasteiger partial charge in [-0.15, -0.1) is 10.2 Å². The molecule has 0 amide bonds. The average molecular weight is 308 g/mol. The molecule has 1 atom stereocenters. The molecule has 2 rings (SSSR count). The molecule has 0 N–H and O–H groups in total. The summed E-state index contributed by atoms with van der Waals surface area (Å²) in [5.74, 6) is 0.280. The topological polar surface area (TPSA) is 57.0 Å². The van der Waals surface area contributed by atoms with Crippen LogP contribution in [0.4, 0.5) is 0 Å². The fourth-order valence-corrected chi connectivity index (χ4v) is 2.55. The molecule has 0 saturated heterocycles. The molecule has 0 fully saturated rings. The second-order valence-corrected chi connectivity index (χ2v) is 4.96. The van der Waals surface area contributed by atoms with Crippen LogP contribution in [0.15, 0.2) is 24.3 Å². The van der Waals surface area contributed by atoms with Crippen molar-refractivity contribution < 1.29 is 9.53 Å². The van der Waals surface area contributed by atoms with E-state index in [0.29, 0.717) is 29.6 Å². The summed E-state index contributed by atoms with van der Waals surface area (Å²) in [6, 6.07) is 7.23. The van der Waals surface area contributed by atoms with Gasteiger partial charge in [-0.1, -0.05) is 29.8 Å². The van der Waals surface area contributed by atoms with E-state index in [1.165, 1.54) is 0 Å². The normalized spacial score (nSPS) is 12.2. The lowest BCUT2D eigenvalue weighted by Gasteiger charge is -2.17. The quantitative estimate of drug-likeness (QED) is 0.797. The Morgan fingerprint density at radius 1 is 1.33 bits per heavy atom. The van der Waals surface area contributed by atoms with Crippen molar-refractivity contribution in [1.29, 1.82) is 0 Å². The highest BCUT2D eigenvalue weighted by atomic mass is 35.5. The fourth-order valence-electron chi connectivity index (χ4n) is 2.31. The standard InChI is InChI=1S/C15H18ClN3O2/c1-4-19-10(3)17-18-14(19)13(15(20)21-5-2)11-8-6-7-9-12(11)16/h6-9,13H,4-5H2,1-3H3. The lowest BCUT2D eigenvalue weighted by molar-refractivity contribution is -0.144. The maximum Gasteiger partial charge on any atom is 0.321 e. The van der Waals surface area contributed by atoms with E-state index in [-0.39, 0.29) is 5.97 Å². The van der Waals surface area contributed by atoms with Gasteiger partial charge < -0.3 is 9.30 Å². The smallest absolute Gasteiger partial charge is 0.321 e. The molecule has 1 heterocycles. The van der Waals surface area contributed by atoms with Gasteiger partial charge in [0.2, 0.25) is 0 Å². The van der Waals surface area contributed by atoms with E-state index in [1.807, 2.05) is 36.6 Å². The number of halogens is 1. The first kappa shape index (κ1) is 15.5. The Balaban J connectivity index is 2.56. The third kappa shape index (κ3) is 3.08. The summed E-state index contributed by atoms with van der Waals surface area (Å²) < 4.78 is 7.09. The minimum atomic E-state index is -0.667. The van der Waals surface area contributed by atoms with Crippen molar-refractivity contribution in [2.75, 3.05) is 6.61 Å². The van der Waals surface area contributed by atoms with Gasteiger partial charge in [-0.3, -0.25) is 4.79 Å². The molecule has 0 spiro atoms. The highest BCUT2D eigenvalue weighted by Crippen LogP contribution is 2.30. The molecule has 1 aromatic carbocycles. The van der Waals surface area contributed by atoms with Crippen molar-refractivity contribution in [3.05, 3.63) is 46.5 Å². The Morgan fingerprint density at radius 2 is 2.05 bits per heavy atom. The molecule has 1 aromatic heterocycles. The number of ether oxygens (including phenoxy) is 1. The third-order valence-electron chi connectivity index (χ3n) is 3.28. The lowest BCUT2D eigenvalue weighted by atomic mass is 9.98. The van der Waals surface area contributed by atoms with Gasteiger partial charge in [0, 0.05) is 11.6 Å². The van der Waals surface area contributed by atoms with E-state index in [9.17, 15) is 4.79 Å². The van der Waals surface area contributed by atoms with Crippen LogP contribution in [0.3, 0.4) is 0 Å². The number of benzene rings is 1. The maximum absolute atomic E-state index is 12.4. The monoisotopic (exact) mass is 307 g/mol. The SMILES string of the molecule is CCOC(=O)C(c1ccccc1Cl)c1nnc(C)n1CC. The Morgan fingerprint density at radius 3 is 2.67 bits per heavy atom. The lowest BCUT2D eigenvalue weighted by Crippen LogP contribution is -2.22. The Kier molecular flexibility index (Phi) is 4.96. The molecule has 0 radical (unpaired) electrons. The molecule has 0 aliphatic rings. The maximum atomic E-state index is 12.4. The van der Waals surface area contributed by atoms with Crippen molar-refractivity contribution in [3.8, 4) is 0 Å². The summed E-state index contributed by atoms with van der Waals surface area (Å²) >= 11 is 6.25. The fraction of sp³-hybridized carbons (Fsp3) is 0.400. The molecule has 0 saturated carbocycles. The highest BCUT2D eigenvalue weighted by Gasteiger charge is 2.31. The van der Waals surface area contributed by atoms with Gasteiger partial charge in [0.05, 0.1) is 6.61 Å². The molecule has 1 unspecified atom stereocenters. The summed E-state index contributed by atoms with van der Waals surface area (Å²) in [6.45, 7) is 6.59. The van der Waals surface area contributed by atoms with E-state index in [4.69, 9.17) is 16.3 Å². The van der Waals surface area contributed by atoms with Crippen LogP contribution in [0.25, 0.3) is 0 Å². The molecule has 6 heteroatoms. The van der Waals surface area contributed by atoms with E-state index < -0.39 is 5.92 Å². The van der Waals surface area contributed by atoms with Crippen LogP contribution in [0.5, 0.6) is 0 Å². The van der Waals surface area contributed by atoms with Crippen LogP contribution in [-0.4, -0.2) is 27.3 Å². The van der Waals surface area contributed by atoms with Gasteiger partial charge in [0.25, 0.3) is 0 Å². The summed E-state index contributed by atoms with van der Waals surface area (Å²) in [7, 11) is 0. The van der Waals surface area contributed by atoms with Gasteiger partial charge in [-0.2, -0.15) is 0 Å². The van der Waals surface area contributed by atoms with Crippen molar-refractivity contribution in [3.63, 3.8) is 0 Å². The number of esters is 1. The second kappa shape index (κ2) is 6.72. The molecular weight excluding hydrogens is 290 g/mol. The van der Waals surface area contributed by atoms with Crippen LogP contribution in [-0.2, 0) is 16.1 Å². The zero-order chi connectivity index (χ0) is 15.4. The first-order valence-corrected chi connectivity index (χ1v) is 7.28. The molecule has 21 heavy (non-hydrogen) atoms. The van der Waals surface area contributed by atoms with E-state index in [2.05, 4.69) is 10.2 Å². The zero-order valence-electron chi connectivity index (χ0n) is 12.3. The molecular formula is C15H18ClN3O2. The molecule has 0 bridgehead atoms. The predicted octanol–water partition coefficient (Wildman–Crippen LogP) is 2.95. The number of aryl methyl sites for hydroxylation is 1. The van der Waals surface area contributed by atoms with Crippen LogP contribution in [0.1, 0.15) is 37.0 Å². The number of aromatic nitrogens is 3. The van der Waals surface area contributed by atoms with Gasteiger partial charge in [-0.05, 0) is 32.4 Å². The molecule has 0 aliphatic carbocycles. The Hall–Kier alpha value is -1.88. The molecule has 0 aliphatic heterocycles. The Labute approximate surface area is 128 Å². The largest absolute Gasteiger partial charge is 0.465 e. The highest BCUT2D eigenvalue weighted by molar-refractivity contribution is 6.31. The minimum Gasteiger partial charge on any atom is -0.465 e. The number of carbonyl (C=O) groups excluding carboxylic acids is 1. The molecule has 112 valence electrons. The second-order valence-electron chi connectivity index (χ2n) is 4.56. The van der Waals surface area contributed by atoms with Gasteiger partial charge in [-0.25, -0.2) is 0 Å². The summed E-state index contributed by atoms with van der Waals surface area (Å²) in [4.78, 5) is 12.4. The third-order valence-corrected chi connectivity index (χ3v) is 3.62. The number of rotatable bonds is 5. The first-order valence-electron chi connectivity index (χ1n) is 6.90. The summed E-state index contributed by atoms with van der Waals surface area (Å²) in [5, 5.41) is 8.74. The zero-order valence-corrected chi connectivity index (χ0v) is 13.1. The van der Waals surface area contributed by atoms with Gasteiger partial charge in [0.15, 0.2) is 5.82 Å². The Bertz CT molecular complexity index is 640. The van der Waals surface area contributed by atoms with E-state index in [1.54, 1.807) is 13.0 Å². The van der Waals surface area contributed by atoms with E-state index >= 15 is 0 Å². The number of nitrogens with zero attached hydrogens (tertiary/aromatic N) is 3. The van der Waals surface area contributed by atoms with E-state index in [0.717, 1.165) is 5.82 Å². The number of hydrogen-bond acceptors (Lipinski definition) is 4. The predicted molar refractivity (Wildman–Crippen MR) is 80.4 cm³/mol. The van der Waals surface area contributed by atoms with Gasteiger partial charge >= 0.3 is 5.97 Å². The van der Waals surface area contributed by atoms with Crippen LogP contribution in [0, 0.1) is 6.92 Å². The minimum absolute atomic E-state index is 0.305. The van der Waals surface area contributed by atoms with Crippen molar-refractivity contribution in [1.82, 2.24) is 14.8 Å². The number of hydrogen-bond donors (Lipinski definition) is 0. The van der Waals surface area contributed by atoms with Gasteiger partial charge in [0.1, 0.15) is 11.7 Å². The summed E-state index contributed by atoms with van der Waals surface area (Å²) in [5.41, 5.74) is 0.680. The van der Waals surface area contributed by atoms with Crippen LogP contribution < -0.4 is 0 Å². The van der Waals surface area contributed by atoms with Crippen molar-refractivity contribution in [2.45, 2.75) is 33.2 Å². The van der Waals surface area contributed by atoms with Crippen LogP contribution in [0.2, 0.25) is 5.02 Å². The van der Waals surface area contributed by atoms with Crippen molar-refractivity contribution in [2.24, 2.45) is 0 Å². The first-order chi connectivity index (χ1) is 10.1. The molecule has 5 nitrogen and oxygen atoms in total.